The Morgan fingerprint density at radius 1 is 1.43 bits per heavy atom. The van der Waals surface area contributed by atoms with Crippen LogP contribution >= 0.6 is 11.8 Å². The van der Waals surface area contributed by atoms with Crippen LogP contribution in [-0.2, 0) is 14.8 Å². The molecule has 0 spiro atoms. The third-order valence-electron chi connectivity index (χ3n) is 3.37. The van der Waals surface area contributed by atoms with Crippen molar-refractivity contribution in [2.24, 2.45) is 0 Å². The molecule has 0 aliphatic carbocycles. The minimum atomic E-state index is -3.27. The molecule has 1 aliphatic rings. The van der Waals surface area contributed by atoms with Gasteiger partial charge in [0.15, 0.2) is 0 Å². The lowest BCUT2D eigenvalue weighted by Gasteiger charge is -2.40. The maximum Gasteiger partial charge on any atom is 0.215 e. The van der Waals surface area contributed by atoms with E-state index in [9.17, 15) is 8.42 Å². The molecular weight excluding hydrogens is 308 g/mol. The Bertz CT molecular complexity index is 588. The van der Waals surface area contributed by atoms with E-state index in [2.05, 4.69) is 0 Å². The molecule has 0 amide bonds. The molecule has 5 nitrogen and oxygen atoms in total. The van der Waals surface area contributed by atoms with Crippen molar-refractivity contribution >= 4 is 27.5 Å². The number of morpholine rings is 1. The van der Waals surface area contributed by atoms with Crippen molar-refractivity contribution in [1.29, 1.82) is 0 Å². The van der Waals surface area contributed by atoms with Crippen LogP contribution in [0.3, 0.4) is 0 Å². The Hall–Kier alpha value is -0.760. The molecule has 2 N–H and O–H groups in total. The van der Waals surface area contributed by atoms with Gasteiger partial charge in [-0.15, -0.1) is 11.8 Å². The average Bonchev–Trinajstić information content (AvgIpc) is 2.37. The van der Waals surface area contributed by atoms with Gasteiger partial charge in [0.2, 0.25) is 10.0 Å². The molecule has 7 heteroatoms. The van der Waals surface area contributed by atoms with E-state index in [4.69, 9.17) is 10.5 Å². The van der Waals surface area contributed by atoms with Gasteiger partial charge in [0.1, 0.15) is 0 Å². The summed E-state index contributed by atoms with van der Waals surface area (Å²) in [5.74, 6) is 0.634. The van der Waals surface area contributed by atoms with Gasteiger partial charge >= 0.3 is 0 Å². The van der Waals surface area contributed by atoms with E-state index in [-0.39, 0.29) is 5.75 Å². The van der Waals surface area contributed by atoms with Gasteiger partial charge in [-0.2, -0.15) is 4.31 Å². The zero-order valence-electron chi connectivity index (χ0n) is 12.4. The lowest BCUT2D eigenvalue weighted by atomic mass is 10.1. The summed E-state index contributed by atoms with van der Waals surface area (Å²) in [7, 11) is -3.27. The monoisotopic (exact) mass is 330 g/mol. The molecular formula is C14H22N2O3S2. The molecule has 0 aromatic heterocycles. The molecule has 0 saturated carbocycles. The summed E-state index contributed by atoms with van der Waals surface area (Å²) in [6.07, 6.45) is 0. The quantitative estimate of drug-likeness (QED) is 0.658. The Labute approximate surface area is 130 Å². The largest absolute Gasteiger partial charge is 0.399 e. The summed E-state index contributed by atoms with van der Waals surface area (Å²) in [5, 5.41) is 0. The molecule has 0 atom stereocenters. The number of rotatable bonds is 5. The minimum absolute atomic E-state index is 0.121. The van der Waals surface area contributed by atoms with E-state index in [1.54, 1.807) is 4.31 Å². The highest BCUT2D eigenvalue weighted by molar-refractivity contribution is 8.00. The topological polar surface area (TPSA) is 72.6 Å². The standard InChI is InChI=1S/C14H22N2O3S2/c1-14(2)11-19-7-6-16(14)21(17,18)9-8-20-13-5-3-4-12(15)10-13/h3-5,10H,6-9,11,15H2,1-2H3. The van der Waals surface area contributed by atoms with Crippen molar-refractivity contribution < 1.29 is 13.2 Å². The van der Waals surface area contributed by atoms with E-state index in [0.29, 0.717) is 31.2 Å². The summed E-state index contributed by atoms with van der Waals surface area (Å²) in [4.78, 5) is 0.992. The summed E-state index contributed by atoms with van der Waals surface area (Å²) >= 11 is 1.51. The van der Waals surface area contributed by atoms with E-state index >= 15 is 0 Å². The van der Waals surface area contributed by atoms with Crippen LogP contribution in [0.1, 0.15) is 13.8 Å². The molecule has 1 aliphatic heterocycles. The SMILES string of the molecule is CC1(C)COCCN1S(=O)(=O)CCSc1cccc(N)c1. The van der Waals surface area contributed by atoms with Crippen LogP contribution in [0.25, 0.3) is 0 Å². The fourth-order valence-electron chi connectivity index (χ4n) is 2.34. The second-order valence-corrected chi connectivity index (χ2v) is 8.86. The van der Waals surface area contributed by atoms with Crippen LogP contribution in [0, 0.1) is 0 Å². The van der Waals surface area contributed by atoms with Crippen LogP contribution in [0.2, 0.25) is 0 Å². The van der Waals surface area contributed by atoms with Gasteiger partial charge in [-0.25, -0.2) is 8.42 Å². The van der Waals surface area contributed by atoms with E-state index in [1.807, 2.05) is 38.1 Å². The van der Waals surface area contributed by atoms with Crippen molar-refractivity contribution in [2.75, 3.05) is 37.0 Å². The minimum Gasteiger partial charge on any atom is -0.399 e. The zero-order valence-corrected chi connectivity index (χ0v) is 14.0. The highest BCUT2D eigenvalue weighted by atomic mass is 32.2. The first-order valence-electron chi connectivity index (χ1n) is 6.88. The van der Waals surface area contributed by atoms with Crippen LogP contribution in [0.4, 0.5) is 5.69 Å². The second kappa shape index (κ2) is 6.56. The number of hydrogen-bond donors (Lipinski definition) is 1. The number of hydrogen-bond acceptors (Lipinski definition) is 5. The normalized spacial score (nSPS) is 19.5. The van der Waals surface area contributed by atoms with Gasteiger partial charge in [-0.05, 0) is 32.0 Å². The van der Waals surface area contributed by atoms with Crippen LogP contribution in [0.15, 0.2) is 29.2 Å². The summed E-state index contributed by atoms with van der Waals surface area (Å²) in [5.41, 5.74) is 5.93. The van der Waals surface area contributed by atoms with Crippen molar-refractivity contribution in [1.82, 2.24) is 4.31 Å². The van der Waals surface area contributed by atoms with Crippen LogP contribution in [-0.4, -0.2) is 49.5 Å². The highest BCUT2D eigenvalue weighted by Crippen LogP contribution is 2.25. The molecule has 1 fully saturated rings. The lowest BCUT2D eigenvalue weighted by Crippen LogP contribution is -2.56. The van der Waals surface area contributed by atoms with Gasteiger partial charge < -0.3 is 10.5 Å². The number of nitrogens with two attached hydrogens (primary N) is 1. The molecule has 118 valence electrons. The summed E-state index contributed by atoms with van der Waals surface area (Å²) in [6, 6.07) is 7.48. The second-order valence-electron chi connectivity index (χ2n) is 5.67. The molecule has 1 heterocycles. The molecule has 1 aromatic carbocycles. The average molecular weight is 330 g/mol. The first kappa shape index (κ1) is 16.6. The Morgan fingerprint density at radius 2 is 2.19 bits per heavy atom. The number of anilines is 1. The lowest BCUT2D eigenvalue weighted by molar-refractivity contribution is -0.00760. The molecule has 0 radical (unpaired) electrons. The number of nitrogen functional groups attached to an aromatic ring is 1. The van der Waals surface area contributed by atoms with Crippen molar-refractivity contribution in [2.45, 2.75) is 24.3 Å². The number of benzene rings is 1. The molecule has 1 saturated heterocycles. The van der Waals surface area contributed by atoms with E-state index in [0.717, 1.165) is 4.90 Å². The highest BCUT2D eigenvalue weighted by Gasteiger charge is 2.38. The molecule has 2 rings (SSSR count). The summed E-state index contributed by atoms with van der Waals surface area (Å²) < 4.78 is 31.9. The summed E-state index contributed by atoms with van der Waals surface area (Å²) in [6.45, 7) is 5.13. The number of thioether (sulfide) groups is 1. The van der Waals surface area contributed by atoms with Gasteiger partial charge in [0.05, 0.1) is 24.5 Å². The van der Waals surface area contributed by atoms with Gasteiger partial charge in [0.25, 0.3) is 0 Å². The fourth-order valence-corrected chi connectivity index (χ4v) is 5.52. The number of nitrogens with zero attached hydrogens (tertiary/aromatic N) is 1. The van der Waals surface area contributed by atoms with E-state index in [1.165, 1.54) is 11.8 Å². The van der Waals surface area contributed by atoms with Crippen LogP contribution in [0.5, 0.6) is 0 Å². The maximum atomic E-state index is 12.5. The van der Waals surface area contributed by atoms with Gasteiger partial charge in [-0.3, -0.25) is 0 Å². The van der Waals surface area contributed by atoms with Crippen molar-refractivity contribution in [3.63, 3.8) is 0 Å². The Balaban J connectivity index is 1.95. The van der Waals surface area contributed by atoms with Crippen molar-refractivity contribution in [3.05, 3.63) is 24.3 Å². The van der Waals surface area contributed by atoms with Crippen LogP contribution < -0.4 is 5.73 Å². The predicted molar refractivity (Wildman–Crippen MR) is 87.0 cm³/mol. The van der Waals surface area contributed by atoms with Gasteiger partial charge in [-0.1, -0.05) is 6.07 Å². The zero-order chi connectivity index (χ0) is 15.5. The maximum absolute atomic E-state index is 12.5. The van der Waals surface area contributed by atoms with Gasteiger partial charge in [0, 0.05) is 22.9 Å². The third-order valence-corrected chi connectivity index (χ3v) is 6.70. The Kier molecular flexibility index (Phi) is 5.19. The first-order valence-corrected chi connectivity index (χ1v) is 9.47. The molecule has 21 heavy (non-hydrogen) atoms. The molecule has 0 unspecified atom stereocenters. The predicted octanol–water partition coefficient (Wildman–Crippen LogP) is 1.80. The number of sulfonamides is 1. The molecule has 0 bridgehead atoms. The van der Waals surface area contributed by atoms with E-state index < -0.39 is 15.6 Å². The van der Waals surface area contributed by atoms with Crippen molar-refractivity contribution in [3.8, 4) is 0 Å². The fraction of sp³-hybridized carbons (Fsp3) is 0.571. The first-order chi connectivity index (χ1) is 9.81. The molecule has 1 aromatic rings. The third kappa shape index (κ3) is 4.35. The number of ether oxygens (including phenoxy) is 1. The Morgan fingerprint density at radius 3 is 2.86 bits per heavy atom. The smallest absolute Gasteiger partial charge is 0.215 e.